The molecule has 1 amide bonds. The number of anilines is 1. The Bertz CT molecular complexity index is 1000. The molecule has 2 aromatic carbocycles. The summed E-state index contributed by atoms with van der Waals surface area (Å²) in [5.74, 6) is 0.444. The van der Waals surface area contributed by atoms with Crippen molar-refractivity contribution in [3.05, 3.63) is 65.0 Å². The van der Waals surface area contributed by atoms with Gasteiger partial charge in [-0.3, -0.25) is 4.79 Å². The molecule has 0 saturated carbocycles. The fourth-order valence-electron chi connectivity index (χ4n) is 3.30. The monoisotopic (exact) mass is 394 g/mol. The standard InChI is InChI=1S/C21H22N4O2S/c1-16-7-9-17(10-8-16)20-22-25(21(28)27-20)15-19(26)24-13-11-23(12-14-24)18-5-3-2-4-6-18/h2-10H,11-15H2,1H3. The number of hydrogen-bond acceptors (Lipinski definition) is 5. The second-order valence-corrected chi connectivity index (χ2v) is 7.25. The van der Waals surface area contributed by atoms with Gasteiger partial charge in [-0.15, -0.1) is 5.10 Å². The third kappa shape index (κ3) is 3.99. The van der Waals surface area contributed by atoms with Gasteiger partial charge >= 0.3 is 0 Å². The number of carbonyl (C=O) groups excluding carboxylic acids is 1. The lowest BCUT2D eigenvalue weighted by atomic mass is 10.1. The van der Waals surface area contributed by atoms with Gasteiger partial charge in [0.1, 0.15) is 6.54 Å². The van der Waals surface area contributed by atoms with Crippen LogP contribution in [-0.4, -0.2) is 46.8 Å². The summed E-state index contributed by atoms with van der Waals surface area (Å²) in [5, 5.41) is 4.39. The molecule has 0 unspecified atom stereocenters. The third-order valence-corrected chi connectivity index (χ3v) is 5.24. The molecule has 2 heterocycles. The molecule has 0 radical (unpaired) electrons. The van der Waals surface area contributed by atoms with Crippen LogP contribution in [0.4, 0.5) is 5.69 Å². The summed E-state index contributed by atoms with van der Waals surface area (Å²) >= 11 is 5.26. The summed E-state index contributed by atoms with van der Waals surface area (Å²) in [6, 6.07) is 18.1. The molecule has 28 heavy (non-hydrogen) atoms. The molecule has 0 N–H and O–H groups in total. The first kappa shape index (κ1) is 18.4. The minimum Gasteiger partial charge on any atom is -0.409 e. The SMILES string of the molecule is Cc1ccc(-c2nn(CC(=O)N3CCN(c4ccccc4)CC3)c(=S)o2)cc1. The van der Waals surface area contributed by atoms with E-state index in [9.17, 15) is 4.79 Å². The molecule has 1 aliphatic heterocycles. The Morgan fingerprint density at radius 3 is 2.39 bits per heavy atom. The smallest absolute Gasteiger partial charge is 0.287 e. The highest BCUT2D eigenvalue weighted by Gasteiger charge is 2.22. The minimum absolute atomic E-state index is 0.00701. The zero-order chi connectivity index (χ0) is 19.5. The second kappa shape index (κ2) is 7.98. The summed E-state index contributed by atoms with van der Waals surface area (Å²) < 4.78 is 7.06. The Kier molecular flexibility index (Phi) is 5.25. The zero-order valence-corrected chi connectivity index (χ0v) is 16.6. The number of piperazine rings is 1. The van der Waals surface area contributed by atoms with E-state index in [0.717, 1.165) is 24.2 Å². The molecule has 1 aromatic heterocycles. The predicted molar refractivity (Wildman–Crippen MR) is 111 cm³/mol. The van der Waals surface area contributed by atoms with E-state index < -0.39 is 0 Å². The number of carbonyl (C=O) groups is 1. The molecule has 6 nitrogen and oxygen atoms in total. The number of aromatic nitrogens is 2. The first-order valence-corrected chi connectivity index (χ1v) is 9.74. The van der Waals surface area contributed by atoms with Gasteiger partial charge in [-0.2, -0.15) is 0 Å². The number of hydrogen-bond donors (Lipinski definition) is 0. The van der Waals surface area contributed by atoms with Crippen molar-refractivity contribution in [3.8, 4) is 11.5 Å². The van der Waals surface area contributed by atoms with Crippen molar-refractivity contribution in [3.63, 3.8) is 0 Å². The van der Waals surface area contributed by atoms with Gasteiger partial charge in [0.25, 0.3) is 4.84 Å². The molecular formula is C21H22N4O2S. The summed E-state index contributed by atoms with van der Waals surface area (Å²) in [7, 11) is 0. The molecular weight excluding hydrogens is 372 g/mol. The van der Waals surface area contributed by atoms with Crippen molar-refractivity contribution in [1.29, 1.82) is 0 Å². The van der Waals surface area contributed by atoms with E-state index in [0.29, 0.717) is 19.0 Å². The number of rotatable bonds is 4. The van der Waals surface area contributed by atoms with Gasteiger partial charge in [0.05, 0.1) is 0 Å². The Labute approximate surface area is 169 Å². The summed E-state index contributed by atoms with van der Waals surface area (Å²) in [4.78, 5) is 17.1. The van der Waals surface area contributed by atoms with Crippen molar-refractivity contribution in [2.75, 3.05) is 31.1 Å². The Morgan fingerprint density at radius 2 is 1.71 bits per heavy atom. The average Bonchev–Trinajstić information content (AvgIpc) is 3.09. The zero-order valence-electron chi connectivity index (χ0n) is 15.7. The number of benzene rings is 2. The van der Waals surface area contributed by atoms with Gasteiger partial charge in [-0.1, -0.05) is 35.9 Å². The number of para-hydroxylation sites is 1. The molecule has 0 bridgehead atoms. The van der Waals surface area contributed by atoms with E-state index in [4.69, 9.17) is 16.6 Å². The molecule has 1 fully saturated rings. The molecule has 144 valence electrons. The predicted octanol–water partition coefficient (Wildman–Crippen LogP) is 3.53. The molecule has 0 atom stereocenters. The Morgan fingerprint density at radius 1 is 1.04 bits per heavy atom. The fourth-order valence-corrected chi connectivity index (χ4v) is 3.48. The van der Waals surface area contributed by atoms with E-state index in [2.05, 4.69) is 22.1 Å². The van der Waals surface area contributed by atoms with Crippen LogP contribution in [0, 0.1) is 11.8 Å². The average molecular weight is 395 g/mol. The van der Waals surface area contributed by atoms with E-state index in [-0.39, 0.29) is 17.3 Å². The number of aryl methyl sites for hydroxylation is 1. The van der Waals surface area contributed by atoms with E-state index in [1.165, 1.54) is 10.4 Å². The van der Waals surface area contributed by atoms with E-state index in [1.54, 1.807) is 0 Å². The quantitative estimate of drug-likeness (QED) is 0.634. The first-order chi connectivity index (χ1) is 13.6. The number of nitrogens with zero attached hydrogens (tertiary/aromatic N) is 4. The summed E-state index contributed by atoms with van der Waals surface area (Å²) in [6.45, 7) is 5.12. The molecule has 0 spiro atoms. The van der Waals surface area contributed by atoms with Gasteiger partial charge in [0.2, 0.25) is 11.8 Å². The van der Waals surface area contributed by atoms with E-state index >= 15 is 0 Å². The van der Waals surface area contributed by atoms with Crippen LogP contribution in [0.25, 0.3) is 11.5 Å². The molecule has 4 rings (SSSR count). The van der Waals surface area contributed by atoms with Crippen molar-refractivity contribution in [1.82, 2.24) is 14.7 Å². The Balaban J connectivity index is 1.39. The molecule has 0 aliphatic carbocycles. The second-order valence-electron chi connectivity index (χ2n) is 6.90. The molecule has 7 heteroatoms. The lowest BCUT2D eigenvalue weighted by Crippen LogP contribution is -2.49. The van der Waals surface area contributed by atoms with Crippen LogP contribution in [-0.2, 0) is 11.3 Å². The Hall–Kier alpha value is -2.93. The highest BCUT2D eigenvalue weighted by Crippen LogP contribution is 2.19. The van der Waals surface area contributed by atoms with Crippen LogP contribution in [0.5, 0.6) is 0 Å². The third-order valence-electron chi connectivity index (χ3n) is 4.94. The maximum Gasteiger partial charge on any atom is 0.287 e. The lowest BCUT2D eigenvalue weighted by Gasteiger charge is -2.36. The normalized spacial score (nSPS) is 14.3. The van der Waals surface area contributed by atoms with Crippen molar-refractivity contribution in [2.45, 2.75) is 13.5 Å². The molecule has 3 aromatic rings. The van der Waals surface area contributed by atoms with Gasteiger partial charge in [-0.25, -0.2) is 4.68 Å². The maximum atomic E-state index is 12.7. The maximum absolute atomic E-state index is 12.7. The van der Waals surface area contributed by atoms with Crippen LogP contribution in [0.15, 0.2) is 59.0 Å². The summed E-state index contributed by atoms with van der Waals surface area (Å²) in [5.41, 5.74) is 3.20. The largest absolute Gasteiger partial charge is 0.409 e. The van der Waals surface area contributed by atoms with Crippen LogP contribution < -0.4 is 4.90 Å². The van der Waals surface area contributed by atoms with Crippen molar-refractivity contribution >= 4 is 23.8 Å². The van der Waals surface area contributed by atoms with Crippen LogP contribution >= 0.6 is 12.2 Å². The summed E-state index contributed by atoms with van der Waals surface area (Å²) in [6.07, 6.45) is 0. The highest BCUT2D eigenvalue weighted by atomic mass is 32.1. The van der Waals surface area contributed by atoms with Gasteiger partial charge < -0.3 is 14.2 Å². The number of amides is 1. The van der Waals surface area contributed by atoms with Gasteiger partial charge in [-0.05, 0) is 43.4 Å². The molecule has 1 aliphatic rings. The lowest BCUT2D eigenvalue weighted by molar-refractivity contribution is -0.132. The van der Waals surface area contributed by atoms with Crippen LogP contribution in [0.3, 0.4) is 0 Å². The highest BCUT2D eigenvalue weighted by molar-refractivity contribution is 7.71. The van der Waals surface area contributed by atoms with E-state index in [1.807, 2.05) is 54.3 Å². The van der Waals surface area contributed by atoms with Gasteiger partial charge in [0.15, 0.2) is 0 Å². The first-order valence-electron chi connectivity index (χ1n) is 9.33. The fraction of sp³-hybridized carbons (Fsp3) is 0.286. The van der Waals surface area contributed by atoms with Crippen molar-refractivity contribution < 1.29 is 9.21 Å². The topological polar surface area (TPSA) is 54.5 Å². The molecule has 1 saturated heterocycles. The van der Waals surface area contributed by atoms with Crippen LogP contribution in [0.1, 0.15) is 5.56 Å². The minimum atomic E-state index is 0.00701. The van der Waals surface area contributed by atoms with Gasteiger partial charge in [0, 0.05) is 37.4 Å². The van der Waals surface area contributed by atoms with Crippen LogP contribution in [0.2, 0.25) is 0 Å². The van der Waals surface area contributed by atoms with Crippen molar-refractivity contribution in [2.24, 2.45) is 0 Å².